The van der Waals surface area contributed by atoms with Crippen LogP contribution in [0.1, 0.15) is 58.8 Å². The summed E-state index contributed by atoms with van der Waals surface area (Å²) in [5.41, 5.74) is 3.42. The molecule has 0 radical (unpaired) electrons. The van der Waals surface area contributed by atoms with Crippen molar-refractivity contribution < 1.29 is 24.9 Å². The number of fused-ring (bicyclic) bond motifs is 2. The molecule has 3 rings (SSSR count). The lowest BCUT2D eigenvalue weighted by atomic mass is 9.84. The van der Waals surface area contributed by atoms with Crippen molar-refractivity contribution in [2.45, 2.75) is 83.2 Å². The van der Waals surface area contributed by atoms with Gasteiger partial charge in [-0.1, -0.05) is 25.2 Å². The molecule has 3 N–H and O–H groups in total. The molecule has 0 bridgehead atoms. The molecule has 5 heteroatoms. The van der Waals surface area contributed by atoms with Gasteiger partial charge in [-0.25, -0.2) is 0 Å². The van der Waals surface area contributed by atoms with Gasteiger partial charge in [0, 0.05) is 25.2 Å². The Morgan fingerprint density at radius 3 is 2.93 bits per heavy atom. The standard InChI is InChI=1S/C24H32O5/c1-3-4-7-15(2)19(25)13-12-17-20(26)14-21-23(17)18-10-5-8-16(24(18)29-21)9-6-11-22(27)28/h5,8,10,15,17,19-21,24-26H,6-7,9,11-14H2,1-2H3,(H,27,28). The lowest BCUT2D eigenvalue weighted by molar-refractivity contribution is -0.137. The lowest BCUT2D eigenvalue weighted by Gasteiger charge is -2.24. The largest absolute Gasteiger partial charge is 0.481 e. The predicted molar refractivity (Wildman–Crippen MR) is 111 cm³/mol. The molecule has 1 heterocycles. The van der Waals surface area contributed by atoms with E-state index in [1.807, 2.05) is 19.1 Å². The van der Waals surface area contributed by atoms with Gasteiger partial charge in [0.1, 0.15) is 6.10 Å². The third-order valence-electron chi connectivity index (χ3n) is 6.39. The Morgan fingerprint density at radius 1 is 1.41 bits per heavy atom. The number of allylic oxidation sites excluding steroid dienone is 2. The fourth-order valence-corrected chi connectivity index (χ4v) is 4.75. The number of ether oxygens (including phenoxy) is 1. The molecule has 158 valence electrons. The predicted octanol–water partition coefficient (Wildman–Crippen LogP) is 3.37. The summed E-state index contributed by atoms with van der Waals surface area (Å²) in [6, 6.07) is 0. The van der Waals surface area contributed by atoms with Crippen LogP contribution in [-0.4, -0.2) is 45.7 Å². The maximum atomic E-state index is 10.8. The number of carboxylic acid groups (broad SMARTS) is 1. The quantitative estimate of drug-likeness (QED) is 0.517. The second-order valence-corrected chi connectivity index (χ2v) is 8.43. The Hall–Kier alpha value is -1.87. The Labute approximate surface area is 173 Å². The Kier molecular flexibility index (Phi) is 7.34. The number of aliphatic hydroxyl groups is 2. The molecule has 0 aromatic heterocycles. The van der Waals surface area contributed by atoms with Crippen LogP contribution in [0.4, 0.5) is 0 Å². The highest BCUT2D eigenvalue weighted by atomic mass is 16.5. The van der Waals surface area contributed by atoms with Crippen molar-refractivity contribution in [3.63, 3.8) is 0 Å². The van der Waals surface area contributed by atoms with Crippen molar-refractivity contribution in [1.29, 1.82) is 0 Å². The Morgan fingerprint density at radius 2 is 2.21 bits per heavy atom. The monoisotopic (exact) mass is 400 g/mol. The van der Waals surface area contributed by atoms with Gasteiger partial charge in [-0.15, -0.1) is 11.8 Å². The first kappa shape index (κ1) is 21.8. The highest BCUT2D eigenvalue weighted by molar-refractivity contribution is 5.66. The van der Waals surface area contributed by atoms with E-state index in [0.29, 0.717) is 32.1 Å². The Balaban J connectivity index is 1.67. The normalized spacial score (nSPS) is 29.6. The number of carboxylic acids is 1. The molecular weight excluding hydrogens is 368 g/mol. The van der Waals surface area contributed by atoms with Crippen LogP contribution in [0.5, 0.6) is 0 Å². The number of hydrogen-bond acceptors (Lipinski definition) is 4. The van der Waals surface area contributed by atoms with E-state index in [1.165, 1.54) is 5.57 Å². The van der Waals surface area contributed by atoms with Crippen molar-refractivity contribution >= 4 is 5.97 Å². The average Bonchev–Trinajstić information content (AvgIpc) is 3.19. The fourth-order valence-electron chi connectivity index (χ4n) is 4.75. The van der Waals surface area contributed by atoms with Crippen molar-refractivity contribution in [1.82, 2.24) is 0 Å². The molecule has 1 saturated carbocycles. The van der Waals surface area contributed by atoms with Gasteiger partial charge < -0.3 is 20.1 Å². The van der Waals surface area contributed by atoms with E-state index >= 15 is 0 Å². The number of aliphatic carboxylic acids is 1. The summed E-state index contributed by atoms with van der Waals surface area (Å²) in [6.07, 6.45) is 9.10. The van der Waals surface area contributed by atoms with Crippen LogP contribution in [0.25, 0.3) is 0 Å². The fraction of sp³-hybridized carbons (Fsp3) is 0.625. The first-order chi connectivity index (χ1) is 13.9. The number of hydrogen-bond donors (Lipinski definition) is 3. The minimum Gasteiger partial charge on any atom is -0.481 e. The van der Waals surface area contributed by atoms with E-state index in [9.17, 15) is 15.0 Å². The molecular formula is C24H32O5. The molecule has 0 amide bonds. The van der Waals surface area contributed by atoms with E-state index in [4.69, 9.17) is 9.84 Å². The van der Waals surface area contributed by atoms with Crippen LogP contribution in [-0.2, 0) is 9.53 Å². The molecule has 3 aliphatic rings. The van der Waals surface area contributed by atoms with Crippen LogP contribution in [0.15, 0.2) is 34.9 Å². The molecule has 6 unspecified atom stereocenters. The average molecular weight is 401 g/mol. The van der Waals surface area contributed by atoms with Gasteiger partial charge in [0.25, 0.3) is 0 Å². The van der Waals surface area contributed by atoms with E-state index < -0.39 is 18.2 Å². The number of rotatable bonds is 9. The van der Waals surface area contributed by atoms with E-state index in [2.05, 4.69) is 17.9 Å². The van der Waals surface area contributed by atoms with Crippen LogP contribution in [0.2, 0.25) is 0 Å². The van der Waals surface area contributed by atoms with Gasteiger partial charge in [-0.05, 0) is 55.2 Å². The minimum atomic E-state index is -0.777. The summed E-state index contributed by atoms with van der Waals surface area (Å²) in [6.45, 7) is 3.82. The topological polar surface area (TPSA) is 87.0 Å². The second kappa shape index (κ2) is 9.75. The van der Waals surface area contributed by atoms with Gasteiger partial charge in [0.05, 0.1) is 18.3 Å². The molecule has 0 saturated heterocycles. The molecule has 1 fully saturated rings. The summed E-state index contributed by atoms with van der Waals surface area (Å²) in [5, 5.41) is 30.0. The highest BCUT2D eigenvalue weighted by Crippen LogP contribution is 2.48. The van der Waals surface area contributed by atoms with E-state index in [-0.39, 0.29) is 30.5 Å². The molecule has 6 atom stereocenters. The van der Waals surface area contributed by atoms with Crippen molar-refractivity contribution in [3.05, 3.63) is 34.9 Å². The molecule has 29 heavy (non-hydrogen) atoms. The number of carbonyl (C=O) groups is 1. The van der Waals surface area contributed by atoms with Gasteiger partial charge in [0.15, 0.2) is 0 Å². The minimum absolute atomic E-state index is 0.00197. The van der Waals surface area contributed by atoms with E-state index in [0.717, 1.165) is 17.6 Å². The van der Waals surface area contributed by atoms with Gasteiger partial charge in [-0.3, -0.25) is 4.79 Å². The zero-order valence-corrected chi connectivity index (χ0v) is 17.3. The van der Waals surface area contributed by atoms with Crippen LogP contribution in [0.3, 0.4) is 0 Å². The summed E-state index contributed by atoms with van der Waals surface area (Å²) in [7, 11) is 0. The summed E-state index contributed by atoms with van der Waals surface area (Å²) in [4.78, 5) is 10.8. The SMILES string of the molecule is CC#CCC(C)C(O)CCC1C2=C3C=CC=C(CCCC(=O)O)C3OC2CC1O. The lowest BCUT2D eigenvalue weighted by Crippen LogP contribution is -2.23. The second-order valence-electron chi connectivity index (χ2n) is 8.43. The van der Waals surface area contributed by atoms with Gasteiger partial charge in [-0.2, -0.15) is 0 Å². The third kappa shape index (κ3) is 5.01. The van der Waals surface area contributed by atoms with Crippen molar-refractivity contribution in [3.8, 4) is 11.8 Å². The molecule has 0 aromatic carbocycles. The summed E-state index contributed by atoms with van der Waals surface area (Å²) in [5.74, 6) is 5.24. The van der Waals surface area contributed by atoms with Gasteiger partial charge in [0.2, 0.25) is 0 Å². The van der Waals surface area contributed by atoms with Crippen LogP contribution in [0, 0.1) is 23.7 Å². The maximum absolute atomic E-state index is 10.8. The zero-order chi connectivity index (χ0) is 21.0. The van der Waals surface area contributed by atoms with Gasteiger partial charge >= 0.3 is 5.97 Å². The number of aliphatic hydroxyl groups excluding tert-OH is 2. The molecule has 5 nitrogen and oxygen atoms in total. The van der Waals surface area contributed by atoms with Crippen LogP contribution < -0.4 is 0 Å². The molecule has 0 spiro atoms. The summed E-state index contributed by atoms with van der Waals surface area (Å²) >= 11 is 0. The smallest absolute Gasteiger partial charge is 0.303 e. The highest BCUT2D eigenvalue weighted by Gasteiger charge is 2.47. The first-order valence-corrected chi connectivity index (χ1v) is 10.7. The maximum Gasteiger partial charge on any atom is 0.303 e. The molecule has 1 aliphatic heterocycles. The zero-order valence-electron chi connectivity index (χ0n) is 17.3. The Bertz CT molecular complexity index is 766. The van der Waals surface area contributed by atoms with Crippen molar-refractivity contribution in [2.24, 2.45) is 11.8 Å². The van der Waals surface area contributed by atoms with E-state index in [1.54, 1.807) is 6.92 Å². The third-order valence-corrected chi connectivity index (χ3v) is 6.39. The summed E-state index contributed by atoms with van der Waals surface area (Å²) < 4.78 is 6.29. The molecule has 0 aromatic rings. The molecule has 2 aliphatic carbocycles. The van der Waals surface area contributed by atoms with Crippen LogP contribution >= 0.6 is 0 Å². The van der Waals surface area contributed by atoms with Crippen molar-refractivity contribution in [2.75, 3.05) is 0 Å². The first-order valence-electron chi connectivity index (χ1n) is 10.7.